The molecular weight excluding hydrogens is 227 g/mol. The number of hydrogen-bond acceptors (Lipinski definition) is 2. The van der Waals surface area contributed by atoms with Gasteiger partial charge in [0.15, 0.2) is 0 Å². The lowest BCUT2D eigenvalue weighted by atomic mass is 10.2. The Hall–Kier alpha value is -2.11. The Morgan fingerprint density at radius 2 is 2.00 bits per heavy atom. The van der Waals surface area contributed by atoms with Gasteiger partial charge >= 0.3 is 12.0 Å². The Balaban J connectivity index is 2.65. The monoisotopic (exact) mass is 240 g/mol. The molecule has 0 unspecified atom stereocenters. The van der Waals surface area contributed by atoms with Gasteiger partial charge in [0.05, 0.1) is 0 Å². The van der Waals surface area contributed by atoms with E-state index in [4.69, 9.17) is 5.11 Å². The molecule has 1 aromatic rings. The number of hydrogen-bond donors (Lipinski definition) is 3. The molecule has 1 rings (SSSR count). The maximum absolute atomic E-state index is 13.0. The van der Waals surface area contributed by atoms with Crippen molar-refractivity contribution in [2.45, 2.75) is 19.9 Å². The van der Waals surface area contributed by atoms with Crippen molar-refractivity contribution in [2.24, 2.45) is 0 Å². The van der Waals surface area contributed by atoms with Gasteiger partial charge in [-0.3, -0.25) is 4.79 Å². The van der Waals surface area contributed by atoms with E-state index in [0.29, 0.717) is 5.56 Å². The summed E-state index contributed by atoms with van der Waals surface area (Å²) in [7, 11) is 0. The largest absolute Gasteiger partial charge is 0.480 e. The number of urea groups is 1. The van der Waals surface area contributed by atoms with Crippen LogP contribution in [0.5, 0.6) is 0 Å². The molecule has 0 radical (unpaired) electrons. The fraction of sp³-hybridized carbons (Fsp3) is 0.273. The van der Waals surface area contributed by atoms with Crippen molar-refractivity contribution in [3.63, 3.8) is 0 Å². The van der Waals surface area contributed by atoms with Gasteiger partial charge in [-0.1, -0.05) is 0 Å². The van der Waals surface area contributed by atoms with Crippen molar-refractivity contribution in [1.29, 1.82) is 0 Å². The first-order valence-electron chi connectivity index (χ1n) is 4.96. The van der Waals surface area contributed by atoms with Crippen molar-refractivity contribution < 1.29 is 19.1 Å². The predicted octanol–water partition coefficient (Wildman–Crippen LogP) is 1.73. The standard InChI is InChI=1S/C11H13FN2O3/c1-6-3-8(12)5-9(4-6)14-11(17)13-7(2)10(15)16/h3-5,7H,1-2H3,(H,15,16)(H2,13,14,17)/t7-/m1/s1. The van der Waals surface area contributed by atoms with Gasteiger partial charge < -0.3 is 15.7 Å². The Morgan fingerprint density at radius 1 is 1.35 bits per heavy atom. The molecule has 0 saturated carbocycles. The molecule has 2 amide bonds. The Morgan fingerprint density at radius 3 is 2.53 bits per heavy atom. The fourth-order valence-corrected chi connectivity index (χ4v) is 1.23. The van der Waals surface area contributed by atoms with Crippen LogP contribution in [-0.2, 0) is 4.79 Å². The van der Waals surface area contributed by atoms with Crippen LogP contribution in [0, 0.1) is 12.7 Å². The molecular formula is C11H13FN2O3. The average Bonchev–Trinajstić information content (AvgIpc) is 2.14. The van der Waals surface area contributed by atoms with Crippen LogP contribution in [0.25, 0.3) is 0 Å². The molecule has 0 heterocycles. The van der Waals surface area contributed by atoms with E-state index < -0.39 is 23.9 Å². The summed E-state index contributed by atoms with van der Waals surface area (Å²) < 4.78 is 13.0. The minimum absolute atomic E-state index is 0.276. The predicted molar refractivity (Wildman–Crippen MR) is 60.4 cm³/mol. The fourth-order valence-electron chi connectivity index (χ4n) is 1.23. The van der Waals surface area contributed by atoms with Gasteiger partial charge in [0.2, 0.25) is 0 Å². The lowest BCUT2D eigenvalue weighted by Crippen LogP contribution is -2.40. The number of nitrogens with one attached hydrogen (secondary N) is 2. The maximum atomic E-state index is 13.0. The van der Waals surface area contributed by atoms with Crippen LogP contribution in [0.4, 0.5) is 14.9 Å². The van der Waals surface area contributed by atoms with E-state index in [1.807, 2.05) is 0 Å². The van der Waals surface area contributed by atoms with Gasteiger partial charge in [0.25, 0.3) is 0 Å². The van der Waals surface area contributed by atoms with E-state index in [-0.39, 0.29) is 5.69 Å². The number of rotatable bonds is 3. The zero-order valence-electron chi connectivity index (χ0n) is 9.45. The minimum atomic E-state index is -1.14. The second-order valence-electron chi connectivity index (χ2n) is 3.68. The van der Waals surface area contributed by atoms with Crippen molar-refractivity contribution in [2.75, 3.05) is 5.32 Å². The molecule has 0 spiro atoms. The van der Waals surface area contributed by atoms with E-state index in [1.165, 1.54) is 13.0 Å². The molecule has 6 heteroatoms. The van der Waals surface area contributed by atoms with Crippen LogP contribution in [0.15, 0.2) is 18.2 Å². The van der Waals surface area contributed by atoms with Crippen LogP contribution >= 0.6 is 0 Å². The summed E-state index contributed by atoms with van der Waals surface area (Å²) in [4.78, 5) is 21.8. The molecule has 92 valence electrons. The lowest BCUT2D eigenvalue weighted by Gasteiger charge is -2.11. The molecule has 17 heavy (non-hydrogen) atoms. The first-order valence-corrected chi connectivity index (χ1v) is 4.96. The normalized spacial score (nSPS) is 11.7. The van der Waals surface area contributed by atoms with Crippen LogP contribution < -0.4 is 10.6 Å². The second-order valence-corrected chi connectivity index (χ2v) is 3.68. The number of aliphatic carboxylic acids is 1. The Bertz CT molecular complexity index is 428. The number of carboxylic acid groups (broad SMARTS) is 1. The molecule has 0 bridgehead atoms. The summed E-state index contributed by atoms with van der Waals surface area (Å²) >= 11 is 0. The maximum Gasteiger partial charge on any atom is 0.325 e. The Labute approximate surface area is 97.6 Å². The smallest absolute Gasteiger partial charge is 0.325 e. The van der Waals surface area contributed by atoms with Crippen molar-refractivity contribution >= 4 is 17.7 Å². The zero-order chi connectivity index (χ0) is 13.0. The SMILES string of the molecule is Cc1cc(F)cc(NC(=O)N[C@H](C)C(=O)O)c1. The number of benzene rings is 1. The third-order valence-corrected chi connectivity index (χ3v) is 2.02. The molecule has 0 aliphatic heterocycles. The topological polar surface area (TPSA) is 78.4 Å². The number of carboxylic acids is 1. The van der Waals surface area contributed by atoms with Gasteiger partial charge in [-0.25, -0.2) is 9.18 Å². The zero-order valence-corrected chi connectivity index (χ0v) is 9.45. The van der Waals surface area contributed by atoms with Gasteiger partial charge in [-0.05, 0) is 37.6 Å². The van der Waals surface area contributed by atoms with E-state index in [2.05, 4.69) is 10.6 Å². The van der Waals surface area contributed by atoms with Crippen molar-refractivity contribution in [3.05, 3.63) is 29.6 Å². The molecule has 0 saturated heterocycles. The molecule has 3 N–H and O–H groups in total. The van der Waals surface area contributed by atoms with Crippen LogP contribution in [0.3, 0.4) is 0 Å². The van der Waals surface area contributed by atoms with Gasteiger partial charge in [-0.15, -0.1) is 0 Å². The summed E-state index contributed by atoms with van der Waals surface area (Å²) in [6, 6.07) is 2.35. The summed E-state index contributed by atoms with van der Waals surface area (Å²) in [5.41, 5.74) is 0.934. The van der Waals surface area contributed by atoms with E-state index in [0.717, 1.165) is 6.07 Å². The van der Waals surface area contributed by atoms with Crippen molar-refractivity contribution in [1.82, 2.24) is 5.32 Å². The number of halogens is 1. The molecule has 0 fully saturated rings. The highest BCUT2D eigenvalue weighted by atomic mass is 19.1. The van der Waals surface area contributed by atoms with Crippen LogP contribution in [0.2, 0.25) is 0 Å². The van der Waals surface area contributed by atoms with E-state index in [1.54, 1.807) is 13.0 Å². The summed E-state index contributed by atoms with van der Waals surface area (Å²) in [5.74, 6) is -1.61. The van der Waals surface area contributed by atoms with Gasteiger partial charge in [0, 0.05) is 5.69 Å². The van der Waals surface area contributed by atoms with Crippen LogP contribution in [0.1, 0.15) is 12.5 Å². The van der Waals surface area contributed by atoms with Gasteiger partial charge in [-0.2, -0.15) is 0 Å². The molecule has 0 aliphatic carbocycles. The Kier molecular flexibility index (Phi) is 4.03. The first kappa shape index (κ1) is 13.0. The third-order valence-electron chi connectivity index (χ3n) is 2.02. The molecule has 1 aromatic carbocycles. The highest BCUT2D eigenvalue weighted by Gasteiger charge is 2.13. The van der Waals surface area contributed by atoms with E-state index >= 15 is 0 Å². The summed E-state index contributed by atoms with van der Waals surface area (Å²) in [6.07, 6.45) is 0. The molecule has 0 aliphatic rings. The second kappa shape index (κ2) is 5.29. The third kappa shape index (κ3) is 4.10. The number of anilines is 1. The van der Waals surface area contributed by atoms with Crippen molar-refractivity contribution in [3.8, 4) is 0 Å². The number of amides is 2. The first-order chi connectivity index (χ1) is 7.88. The molecule has 0 aromatic heterocycles. The molecule has 5 nitrogen and oxygen atoms in total. The van der Waals surface area contributed by atoms with Gasteiger partial charge in [0.1, 0.15) is 11.9 Å². The summed E-state index contributed by atoms with van der Waals surface area (Å²) in [6.45, 7) is 3.02. The average molecular weight is 240 g/mol. The van der Waals surface area contributed by atoms with E-state index in [9.17, 15) is 14.0 Å². The number of carbonyl (C=O) groups excluding carboxylic acids is 1. The molecule has 1 atom stereocenters. The highest BCUT2D eigenvalue weighted by molar-refractivity contribution is 5.92. The number of carbonyl (C=O) groups is 2. The minimum Gasteiger partial charge on any atom is -0.480 e. The number of aryl methyl sites for hydroxylation is 1. The quantitative estimate of drug-likeness (QED) is 0.752. The van der Waals surface area contributed by atoms with Crippen LogP contribution in [-0.4, -0.2) is 23.1 Å². The lowest BCUT2D eigenvalue weighted by molar-refractivity contribution is -0.138. The summed E-state index contributed by atoms with van der Waals surface area (Å²) in [5, 5.41) is 13.1. The highest BCUT2D eigenvalue weighted by Crippen LogP contribution is 2.12.